The van der Waals surface area contributed by atoms with Crippen LogP contribution in [-0.2, 0) is 42.1 Å². The van der Waals surface area contributed by atoms with Gasteiger partial charge in [-0.2, -0.15) is 13.1 Å². The zero-order valence-electron chi connectivity index (χ0n) is 38.3. The summed E-state index contributed by atoms with van der Waals surface area (Å²) in [4.78, 5) is 33.0. The van der Waals surface area contributed by atoms with Crippen molar-refractivity contribution >= 4 is 45.2 Å². The number of piperidine rings is 3. The second kappa shape index (κ2) is 22.8. The number of aromatic amines is 1. The number of fused-ring (bicyclic) bond motifs is 3. The predicted molar refractivity (Wildman–Crippen MR) is 255 cm³/mol. The van der Waals surface area contributed by atoms with Gasteiger partial charge < -0.3 is 29.2 Å². The van der Waals surface area contributed by atoms with Gasteiger partial charge in [0.2, 0.25) is 10.0 Å². The summed E-state index contributed by atoms with van der Waals surface area (Å²) < 4.78 is 86.1. The lowest BCUT2D eigenvalue weighted by molar-refractivity contribution is -0.377. The minimum atomic E-state index is -4.24. The Balaban J connectivity index is 0.00000659. The number of carbonyl (C=O) groups is 2. The molecule has 4 saturated heterocycles. The van der Waals surface area contributed by atoms with E-state index < -0.39 is 34.7 Å². The fraction of sp³-hybridized carbons (Fsp3) is 0.404. The Morgan fingerprint density at radius 2 is 1.53 bits per heavy atom. The van der Waals surface area contributed by atoms with Crippen molar-refractivity contribution in [3.8, 4) is 17.2 Å². The molecule has 4 aromatic carbocycles. The molecule has 0 spiro atoms. The number of H-pyrrole nitrogens is 1. The highest BCUT2D eigenvalue weighted by atomic mass is 35.5. The molecule has 372 valence electrons. The van der Waals surface area contributed by atoms with Crippen LogP contribution in [-0.4, -0.2) is 86.6 Å². The van der Waals surface area contributed by atoms with Crippen LogP contribution in [0.3, 0.4) is 0 Å². The fourth-order valence-electron chi connectivity index (χ4n) is 9.55. The molecule has 5 aliphatic rings. The average Bonchev–Trinajstić information content (AvgIpc) is 4.05. The van der Waals surface area contributed by atoms with E-state index in [-0.39, 0.29) is 82.3 Å². The van der Waals surface area contributed by atoms with Gasteiger partial charge >= 0.3 is 18.6 Å². The van der Waals surface area contributed by atoms with Gasteiger partial charge in [0.15, 0.2) is 23.9 Å². The molecule has 10 rings (SSSR count). The molecule has 0 unspecified atom stereocenters. The number of hydrogen-bond donors (Lipinski definition) is 0. The lowest BCUT2D eigenvalue weighted by Gasteiger charge is -2.44. The molecule has 70 heavy (non-hydrogen) atoms. The monoisotopic (exact) mass is 1020 g/mol. The quantitative estimate of drug-likeness (QED) is 0.0682. The minimum absolute atomic E-state index is 0. The van der Waals surface area contributed by atoms with Crippen LogP contribution >= 0.6 is 23.2 Å². The van der Waals surface area contributed by atoms with Crippen molar-refractivity contribution in [2.75, 3.05) is 32.8 Å². The number of pyridine rings is 1. The van der Waals surface area contributed by atoms with Crippen molar-refractivity contribution in [2.24, 2.45) is 11.8 Å². The van der Waals surface area contributed by atoms with Gasteiger partial charge in [-0.25, -0.2) is 13.4 Å². The van der Waals surface area contributed by atoms with E-state index in [1.54, 1.807) is 12.1 Å². The van der Waals surface area contributed by atoms with Crippen LogP contribution in [0.1, 0.15) is 84.8 Å². The molecular formula is C52H55Cl2F2N3O10S. The first-order valence-electron chi connectivity index (χ1n) is 23.4. The first-order chi connectivity index (χ1) is 33.4. The van der Waals surface area contributed by atoms with Gasteiger partial charge in [0.05, 0.1) is 17.9 Å². The van der Waals surface area contributed by atoms with Gasteiger partial charge in [-0.05, 0) is 122 Å². The lowest BCUT2D eigenvalue weighted by atomic mass is 9.85. The van der Waals surface area contributed by atoms with E-state index in [1.807, 2.05) is 54.6 Å². The first-order valence-corrected chi connectivity index (χ1v) is 25.6. The summed E-state index contributed by atoms with van der Waals surface area (Å²) in [6.07, 6.45) is 6.61. The number of aromatic nitrogens is 1. The average molecular weight is 1020 g/mol. The van der Waals surface area contributed by atoms with E-state index in [2.05, 4.69) is 9.88 Å². The maximum absolute atomic E-state index is 14.4. The number of nitrogens with one attached hydrogen (secondary N) is 1. The number of esters is 2. The second-order valence-corrected chi connectivity index (χ2v) is 20.9. The van der Waals surface area contributed by atoms with E-state index in [9.17, 15) is 26.8 Å². The number of benzene rings is 4. The summed E-state index contributed by atoms with van der Waals surface area (Å²) in [7, 11) is -4.24. The van der Waals surface area contributed by atoms with Crippen LogP contribution in [0.4, 0.5) is 8.78 Å². The highest BCUT2D eigenvalue weighted by Crippen LogP contribution is 2.40. The third kappa shape index (κ3) is 12.4. The van der Waals surface area contributed by atoms with Crippen LogP contribution in [0.15, 0.2) is 114 Å². The number of ether oxygens (including phenoxy) is 5. The maximum atomic E-state index is 14.4. The predicted octanol–water partition coefficient (Wildman–Crippen LogP) is 9.44. The van der Waals surface area contributed by atoms with Gasteiger partial charge in [0.25, 0.3) is 0 Å². The van der Waals surface area contributed by atoms with Gasteiger partial charge in [0.1, 0.15) is 40.7 Å². The third-order valence-corrected chi connectivity index (χ3v) is 16.0. The highest BCUT2D eigenvalue weighted by molar-refractivity contribution is 7.89. The Kier molecular flexibility index (Phi) is 16.6. The SMILES string of the molecule is O=C(C[C@@H](c1ccccc1)c1cccc(OCc2cccc(S(=O)(=O)N3CCC[C@H]3C(=O)O[C@@H](Cc3c(Cl)c[nH+]cc3Cl)c3ccc(OC(F)F)c(OCC4CC4)c3)c2)c1)O[C@H]1CN2CCC1CC2.[OH-]. The molecule has 18 heteroatoms. The topological polar surface area (TPSA) is 165 Å². The van der Waals surface area contributed by atoms with Crippen LogP contribution < -0.4 is 19.2 Å². The Bertz CT molecular complexity index is 2710. The molecule has 4 aliphatic heterocycles. The Morgan fingerprint density at radius 3 is 2.24 bits per heavy atom. The van der Waals surface area contributed by atoms with Gasteiger partial charge in [-0.3, -0.25) is 14.5 Å². The van der Waals surface area contributed by atoms with Crippen molar-refractivity contribution in [1.29, 1.82) is 0 Å². The Morgan fingerprint density at radius 1 is 0.786 bits per heavy atom. The summed E-state index contributed by atoms with van der Waals surface area (Å²) in [6, 6.07) is 26.9. The number of alkyl halides is 2. The molecule has 1 aromatic heterocycles. The molecule has 2 N–H and O–H groups in total. The summed E-state index contributed by atoms with van der Waals surface area (Å²) in [5.74, 6) is -0.210. The molecule has 5 fully saturated rings. The molecule has 1 aliphatic carbocycles. The number of carbonyl (C=O) groups excluding carboxylic acids is 2. The molecule has 13 nitrogen and oxygen atoms in total. The summed E-state index contributed by atoms with van der Waals surface area (Å²) in [5, 5.41) is 0.530. The molecule has 5 heterocycles. The highest BCUT2D eigenvalue weighted by Gasteiger charge is 2.42. The summed E-state index contributed by atoms with van der Waals surface area (Å²) in [6.45, 7) is 0.191. The molecule has 1 saturated carbocycles. The maximum Gasteiger partial charge on any atom is 0.387 e. The Hall–Kier alpha value is -5.36. The van der Waals surface area contributed by atoms with E-state index in [1.165, 1.54) is 42.7 Å². The second-order valence-electron chi connectivity index (χ2n) is 18.2. The normalized spacial score (nSPS) is 20.8. The van der Waals surface area contributed by atoms with Crippen LogP contribution in [0, 0.1) is 11.8 Å². The minimum Gasteiger partial charge on any atom is -0.870 e. The third-order valence-electron chi connectivity index (χ3n) is 13.5. The van der Waals surface area contributed by atoms with E-state index >= 15 is 0 Å². The molecule has 5 aromatic rings. The molecule has 2 bridgehead atoms. The Labute approximate surface area is 416 Å². The molecule has 4 atom stereocenters. The van der Waals surface area contributed by atoms with Crippen molar-refractivity contribution in [1.82, 2.24) is 9.21 Å². The van der Waals surface area contributed by atoms with Gasteiger partial charge in [-0.15, -0.1) is 0 Å². The standard InChI is InChI=1S/C52H53Cl2F2N3O9S.H2O/c53-43-28-57-29-44(54)42(43)26-47(38-16-17-46(68-52(55)56)48(25-38)65-31-33-14-15-33)67-51(61)45-13-6-20-59(45)69(62,63)40-12-4-7-34(23-40)32-64-39-11-5-10-37(24-39)41(35-8-2-1-3-9-35)27-50(60)66-49-30-58-21-18-36(49)19-22-58;/h1-5,7-12,16-17,23-25,28-29,33,36,41,45,47,49,52H,6,13-15,18-22,26-27,30-32H2;1H2/t41-,45-,47-,49-;/m0./s1. The van der Waals surface area contributed by atoms with Crippen molar-refractivity contribution < 1.29 is 60.9 Å². The number of sulfonamides is 1. The zero-order chi connectivity index (χ0) is 48.1. The van der Waals surface area contributed by atoms with Crippen molar-refractivity contribution in [2.45, 2.75) is 93.6 Å². The molecule has 0 amide bonds. The first kappa shape index (κ1) is 51.0. The van der Waals surface area contributed by atoms with Gasteiger partial charge in [0, 0.05) is 31.0 Å². The van der Waals surface area contributed by atoms with Gasteiger partial charge in [-0.1, -0.05) is 83.9 Å². The van der Waals surface area contributed by atoms with E-state index in [4.69, 9.17) is 46.9 Å². The summed E-state index contributed by atoms with van der Waals surface area (Å²) in [5.41, 5.74) is 3.25. The van der Waals surface area contributed by atoms with Crippen LogP contribution in [0.25, 0.3) is 0 Å². The van der Waals surface area contributed by atoms with E-state index in [0.717, 1.165) is 60.7 Å². The van der Waals surface area contributed by atoms with Crippen LogP contribution in [0.2, 0.25) is 10.0 Å². The number of halogens is 4. The smallest absolute Gasteiger partial charge is 0.387 e. The number of nitrogens with zero attached hydrogens (tertiary/aromatic N) is 2. The fourth-order valence-corrected chi connectivity index (χ4v) is 11.8. The molecule has 0 radical (unpaired) electrons. The van der Waals surface area contributed by atoms with E-state index in [0.29, 0.717) is 47.3 Å². The lowest BCUT2D eigenvalue weighted by Crippen LogP contribution is -2.52. The molecular weight excluding hydrogens is 968 g/mol. The zero-order valence-corrected chi connectivity index (χ0v) is 40.6. The van der Waals surface area contributed by atoms with Crippen molar-refractivity contribution in [3.63, 3.8) is 0 Å². The summed E-state index contributed by atoms with van der Waals surface area (Å²) >= 11 is 13.1. The van der Waals surface area contributed by atoms with Crippen LogP contribution in [0.5, 0.6) is 17.2 Å². The van der Waals surface area contributed by atoms with Crippen molar-refractivity contribution in [3.05, 3.63) is 147 Å². The number of rotatable bonds is 20. The number of hydrogen-bond acceptors (Lipinski definition) is 11. The largest absolute Gasteiger partial charge is 0.870 e.